The van der Waals surface area contributed by atoms with E-state index in [2.05, 4.69) is 27.7 Å². The fourth-order valence-electron chi connectivity index (χ4n) is 5.22. The Kier molecular flexibility index (Phi) is 10.0. The Morgan fingerprint density at radius 3 is 1.93 bits per heavy atom. The van der Waals surface area contributed by atoms with Gasteiger partial charge in [-0.15, -0.1) is 0 Å². The summed E-state index contributed by atoms with van der Waals surface area (Å²) in [4.78, 5) is 0.472. The topological polar surface area (TPSA) is 43.4 Å². The van der Waals surface area contributed by atoms with Gasteiger partial charge in [-0.2, -0.15) is 0 Å². The zero-order valence-electron chi connectivity index (χ0n) is 19.1. The number of unbranched alkanes of at least 4 members (excludes halogenated alkanes) is 3. The Hall–Kier alpha value is -0.0713. The van der Waals surface area contributed by atoms with Gasteiger partial charge in [0.15, 0.2) is 0 Å². The predicted molar refractivity (Wildman–Crippen MR) is 126 cm³/mol. The standard InChI is InChI=1S/C12H15O3S.3C4H9.Sn/c1-10-6-5-9-12(15-10)16(13,14)11-7-3-2-4-8-11;3*1-3-4-2;/h2-4,7-8,10H,5-6,9H2,1H3;3*1,3-4H2,2H3;/t10-;;;;/m0..../s1. The molecule has 1 unspecified atom stereocenters. The molecule has 1 aromatic rings. The van der Waals surface area contributed by atoms with Gasteiger partial charge in [-0.3, -0.25) is 0 Å². The first-order valence-electron chi connectivity index (χ1n) is 11.9. The third kappa shape index (κ3) is 5.41. The zero-order valence-corrected chi connectivity index (χ0v) is 22.8. The van der Waals surface area contributed by atoms with Gasteiger partial charge in [0.05, 0.1) is 0 Å². The summed E-state index contributed by atoms with van der Waals surface area (Å²) in [6.07, 6.45) is 9.52. The summed E-state index contributed by atoms with van der Waals surface area (Å²) < 4.78 is 37.9. The first-order chi connectivity index (χ1) is 13.9. The van der Waals surface area contributed by atoms with Gasteiger partial charge in [0.1, 0.15) is 0 Å². The monoisotopic (exact) mass is 530 g/mol. The molecule has 1 aliphatic heterocycles. The molecule has 0 spiro atoms. The number of ether oxygens (including phenoxy) is 1. The van der Waals surface area contributed by atoms with Crippen LogP contribution in [0.4, 0.5) is 0 Å². The van der Waals surface area contributed by atoms with Crippen LogP contribution in [-0.4, -0.2) is 35.8 Å². The predicted octanol–water partition coefficient (Wildman–Crippen LogP) is 7.13. The first-order valence-corrected chi connectivity index (χ1v) is 20.8. The number of sulfone groups is 1. The van der Waals surface area contributed by atoms with Crippen LogP contribution in [0.1, 0.15) is 85.5 Å². The van der Waals surface area contributed by atoms with E-state index >= 15 is 0 Å². The third-order valence-electron chi connectivity index (χ3n) is 6.83. The summed E-state index contributed by atoms with van der Waals surface area (Å²) in [6.45, 7) is 8.79. The summed E-state index contributed by atoms with van der Waals surface area (Å²) in [5.41, 5.74) is 0. The van der Waals surface area contributed by atoms with Crippen molar-refractivity contribution in [3.05, 3.63) is 30.3 Å². The van der Waals surface area contributed by atoms with Crippen molar-refractivity contribution in [1.29, 1.82) is 0 Å². The molecule has 0 saturated carbocycles. The van der Waals surface area contributed by atoms with Gasteiger partial charge in [0.2, 0.25) is 0 Å². The molecule has 1 heterocycles. The average Bonchev–Trinajstić information content (AvgIpc) is 2.74. The van der Waals surface area contributed by atoms with Crippen molar-refractivity contribution in [1.82, 2.24) is 0 Å². The molecule has 0 N–H and O–H groups in total. The SMILES string of the molecule is CCC[CH2][Sn]([CH2]CCC)([CH2]CCC)[C]1(S(=O)(=O)c2ccccc2)CCC[C@H](C)O1. The van der Waals surface area contributed by atoms with E-state index in [0.717, 1.165) is 64.7 Å². The molecule has 1 aromatic carbocycles. The average molecular weight is 529 g/mol. The minimum absolute atomic E-state index is 0.0307. The Morgan fingerprint density at radius 2 is 1.48 bits per heavy atom. The number of hydrogen-bond acceptors (Lipinski definition) is 3. The Morgan fingerprint density at radius 1 is 0.966 bits per heavy atom. The van der Waals surface area contributed by atoms with Crippen molar-refractivity contribution in [2.45, 2.75) is 113 Å². The number of benzene rings is 1. The summed E-state index contributed by atoms with van der Waals surface area (Å²) in [5, 5.41) is 0. The molecule has 5 heteroatoms. The summed E-state index contributed by atoms with van der Waals surface area (Å²) >= 11 is -3.28. The van der Waals surface area contributed by atoms with E-state index in [1.54, 1.807) is 12.1 Å². The second kappa shape index (κ2) is 11.5. The molecular weight excluding hydrogens is 487 g/mol. The molecule has 1 fully saturated rings. The van der Waals surface area contributed by atoms with Crippen LogP contribution in [0, 0.1) is 0 Å². The molecule has 166 valence electrons. The Labute approximate surface area is 183 Å². The minimum atomic E-state index is -3.53. The van der Waals surface area contributed by atoms with E-state index in [1.165, 1.54) is 0 Å². The number of rotatable bonds is 12. The molecule has 0 amide bonds. The fourth-order valence-corrected chi connectivity index (χ4v) is 32.9. The van der Waals surface area contributed by atoms with Gasteiger partial charge in [-0.05, 0) is 0 Å². The third-order valence-corrected chi connectivity index (χ3v) is 31.0. The second-order valence-electron chi connectivity index (χ2n) is 8.98. The van der Waals surface area contributed by atoms with Crippen LogP contribution in [0.3, 0.4) is 0 Å². The molecule has 2 atom stereocenters. The molecule has 0 aromatic heterocycles. The molecule has 3 nitrogen and oxygen atoms in total. The van der Waals surface area contributed by atoms with Crippen molar-refractivity contribution < 1.29 is 13.2 Å². The van der Waals surface area contributed by atoms with Gasteiger partial charge in [0, 0.05) is 0 Å². The van der Waals surface area contributed by atoms with E-state index in [4.69, 9.17) is 4.74 Å². The van der Waals surface area contributed by atoms with Crippen LogP contribution in [-0.2, 0) is 14.6 Å². The fraction of sp³-hybridized carbons (Fsp3) is 0.750. The number of hydrogen-bond donors (Lipinski definition) is 0. The van der Waals surface area contributed by atoms with Crippen molar-refractivity contribution in [3.63, 3.8) is 0 Å². The quantitative estimate of drug-likeness (QED) is 0.271. The summed E-state index contributed by atoms with van der Waals surface area (Å²) in [7, 11) is -3.53. The molecule has 0 radical (unpaired) electrons. The van der Waals surface area contributed by atoms with E-state index in [9.17, 15) is 8.42 Å². The van der Waals surface area contributed by atoms with Crippen molar-refractivity contribution >= 4 is 28.2 Å². The molecular formula is C24H42O3SSn. The van der Waals surface area contributed by atoms with Gasteiger partial charge < -0.3 is 0 Å². The van der Waals surface area contributed by atoms with Crippen LogP contribution in [0.5, 0.6) is 0 Å². The van der Waals surface area contributed by atoms with Crippen LogP contribution in [0.15, 0.2) is 35.2 Å². The van der Waals surface area contributed by atoms with E-state index in [0.29, 0.717) is 11.3 Å². The molecule has 1 saturated heterocycles. The van der Waals surface area contributed by atoms with Crippen molar-refractivity contribution in [2.24, 2.45) is 0 Å². The van der Waals surface area contributed by atoms with E-state index < -0.39 is 31.2 Å². The van der Waals surface area contributed by atoms with Gasteiger partial charge >= 0.3 is 184 Å². The normalized spacial score (nSPS) is 23.2. The van der Waals surface area contributed by atoms with Crippen LogP contribution in [0.25, 0.3) is 0 Å². The van der Waals surface area contributed by atoms with E-state index in [-0.39, 0.29) is 6.10 Å². The van der Waals surface area contributed by atoms with Crippen LogP contribution in [0.2, 0.25) is 13.3 Å². The van der Waals surface area contributed by atoms with Gasteiger partial charge in [-0.25, -0.2) is 0 Å². The maximum atomic E-state index is 14.3. The van der Waals surface area contributed by atoms with Crippen LogP contribution < -0.4 is 0 Å². The van der Waals surface area contributed by atoms with Crippen LogP contribution >= 0.6 is 0 Å². The summed E-state index contributed by atoms with van der Waals surface area (Å²) in [6, 6.07) is 9.19. The first kappa shape index (κ1) is 25.2. The molecule has 0 bridgehead atoms. The van der Waals surface area contributed by atoms with Crippen molar-refractivity contribution in [3.8, 4) is 0 Å². The van der Waals surface area contributed by atoms with Gasteiger partial charge in [0.25, 0.3) is 0 Å². The second-order valence-corrected chi connectivity index (χ2v) is 26.0. The molecule has 29 heavy (non-hydrogen) atoms. The Balaban J connectivity index is 2.69. The van der Waals surface area contributed by atoms with E-state index in [1.807, 2.05) is 18.2 Å². The summed E-state index contributed by atoms with van der Waals surface area (Å²) in [5.74, 6) is 0. The molecule has 0 aliphatic carbocycles. The van der Waals surface area contributed by atoms with Gasteiger partial charge in [-0.1, -0.05) is 0 Å². The maximum absolute atomic E-state index is 14.3. The van der Waals surface area contributed by atoms with Crippen molar-refractivity contribution in [2.75, 3.05) is 0 Å². The zero-order chi connectivity index (χ0) is 21.4. The molecule has 1 aliphatic rings. The molecule has 2 rings (SSSR count). The Bertz CT molecular complexity index is 682.